The van der Waals surface area contributed by atoms with Gasteiger partial charge in [-0.05, 0) is 12.5 Å². The SMILES string of the molecule is CCCOc1c(CN2CCn3c(CO)nnc3C2)cccc1OC. The second-order valence-corrected chi connectivity index (χ2v) is 5.85. The molecular formula is C17H24N4O3. The van der Waals surface area contributed by atoms with Crippen LogP contribution in [0.3, 0.4) is 0 Å². The average molecular weight is 332 g/mol. The molecule has 7 nitrogen and oxygen atoms in total. The molecule has 3 rings (SSSR count). The zero-order valence-corrected chi connectivity index (χ0v) is 14.2. The largest absolute Gasteiger partial charge is 0.493 e. The second kappa shape index (κ2) is 7.63. The van der Waals surface area contributed by atoms with E-state index in [1.165, 1.54) is 0 Å². The molecule has 0 unspecified atom stereocenters. The number of hydrogen-bond acceptors (Lipinski definition) is 6. The molecule has 130 valence electrons. The first-order valence-electron chi connectivity index (χ1n) is 8.29. The maximum absolute atomic E-state index is 9.29. The number of para-hydroxylation sites is 1. The Morgan fingerprint density at radius 2 is 2.12 bits per heavy atom. The molecule has 7 heteroatoms. The van der Waals surface area contributed by atoms with Gasteiger partial charge in [0, 0.05) is 25.2 Å². The lowest BCUT2D eigenvalue weighted by Crippen LogP contribution is -2.34. The van der Waals surface area contributed by atoms with Gasteiger partial charge in [0.25, 0.3) is 0 Å². The predicted octanol–water partition coefficient (Wildman–Crippen LogP) is 1.58. The van der Waals surface area contributed by atoms with Gasteiger partial charge in [0.05, 0.1) is 20.3 Å². The Morgan fingerprint density at radius 1 is 1.25 bits per heavy atom. The number of rotatable bonds is 7. The quantitative estimate of drug-likeness (QED) is 0.830. The Labute approximate surface area is 141 Å². The van der Waals surface area contributed by atoms with Crippen LogP contribution in [0.25, 0.3) is 0 Å². The van der Waals surface area contributed by atoms with Crippen LogP contribution in [-0.2, 0) is 26.2 Å². The summed E-state index contributed by atoms with van der Waals surface area (Å²) in [5.74, 6) is 3.12. The lowest BCUT2D eigenvalue weighted by atomic mass is 10.1. The van der Waals surface area contributed by atoms with Gasteiger partial charge in [-0.1, -0.05) is 19.1 Å². The molecule has 1 aromatic heterocycles. The Morgan fingerprint density at radius 3 is 2.88 bits per heavy atom. The van der Waals surface area contributed by atoms with Crippen LogP contribution in [0.15, 0.2) is 18.2 Å². The molecular weight excluding hydrogens is 308 g/mol. The van der Waals surface area contributed by atoms with Gasteiger partial charge in [0.1, 0.15) is 12.4 Å². The predicted molar refractivity (Wildman–Crippen MR) is 88.8 cm³/mol. The van der Waals surface area contributed by atoms with E-state index >= 15 is 0 Å². The summed E-state index contributed by atoms with van der Waals surface area (Å²) in [5.41, 5.74) is 1.11. The lowest BCUT2D eigenvalue weighted by Gasteiger charge is -2.28. The van der Waals surface area contributed by atoms with Crippen molar-refractivity contribution in [3.05, 3.63) is 35.4 Å². The molecule has 0 saturated heterocycles. The molecule has 0 spiro atoms. The molecule has 2 aromatic rings. The van der Waals surface area contributed by atoms with Crippen LogP contribution in [0.4, 0.5) is 0 Å². The van der Waals surface area contributed by atoms with Crippen molar-refractivity contribution in [2.75, 3.05) is 20.3 Å². The highest BCUT2D eigenvalue weighted by Crippen LogP contribution is 2.32. The summed E-state index contributed by atoms with van der Waals surface area (Å²) in [5, 5.41) is 17.5. The topological polar surface area (TPSA) is 72.6 Å². The van der Waals surface area contributed by atoms with Gasteiger partial charge in [0.2, 0.25) is 0 Å². The molecule has 0 aliphatic carbocycles. The van der Waals surface area contributed by atoms with E-state index in [4.69, 9.17) is 9.47 Å². The Bertz CT molecular complexity index is 686. The van der Waals surface area contributed by atoms with Crippen molar-refractivity contribution in [2.24, 2.45) is 0 Å². The standard InChI is InChI=1S/C17H24N4O3/c1-3-9-24-17-13(5-4-6-14(17)23-2)10-20-7-8-21-15(11-20)18-19-16(21)12-22/h4-6,22H,3,7-12H2,1-2H3. The van der Waals surface area contributed by atoms with E-state index in [0.29, 0.717) is 19.0 Å². The third-order valence-electron chi connectivity index (χ3n) is 4.18. The summed E-state index contributed by atoms with van der Waals surface area (Å²) in [4.78, 5) is 2.30. The Balaban J connectivity index is 1.76. The van der Waals surface area contributed by atoms with E-state index in [2.05, 4.69) is 28.1 Å². The van der Waals surface area contributed by atoms with Gasteiger partial charge in [-0.2, -0.15) is 0 Å². The zero-order valence-electron chi connectivity index (χ0n) is 14.2. The molecule has 0 amide bonds. The van der Waals surface area contributed by atoms with Crippen molar-refractivity contribution in [1.29, 1.82) is 0 Å². The molecule has 1 aromatic carbocycles. The van der Waals surface area contributed by atoms with Gasteiger partial charge in [0.15, 0.2) is 17.3 Å². The summed E-state index contributed by atoms with van der Waals surface area (Å²) in [6, 6.07) is 5.99. The van der Waals surface area contributed by atoms with Crippen molar-refractivity contribution >= 4 is 0 Å². The highest BCUT2D eigenvalue weighted by atomic mass is 16.5. The summed E-state index contributed by atoms with van der Waals surface area (Å²) in [6.45, 7) is 5.82. The fraction of sp³-hybridized carbons (Fsp3) is 0.529. The van der Waals surface area contributed by atoms with E-state index in [-0.39, 0.29) is 6.61 Å². The maximum Gasteiger partial charge on any atom is 0.165 e. The van der Waals surface area contributed by atoms with Crippen molar-refractivity contribution in [2.45, 2.75) is 39.6 Å². The number of methoxy groups -OCH3 is 1. The average Bonchev–Trinajstić information content (AvgIpc) is 3.02. The normalized spacial score (nSPS) is 14.5. The number of fused-ring (bicyclic) bond motifs is 1. The number of aromatic nitrogens is 3. The van der Waals surface area contributed by atoms with Gasteiger partial charge < -0.3 is 19.1 Å². The number of ether oxygens (including phenoxy) is 2. The smallest absolute Gasteiger partial charge is 0.165 e. The van der Waals surface area contributed by atoms with Crippen LogP contribution >= 0.6 is 0 Å². The van der Waals surface area contributed by atoms with Crippen molar-refractivity contribution in [3.63, 3.8) is 0 Å². The monoisotopic (exact) mass is 332 g/mol. The van der Waals surface area contributed by atoms with Crippen LogP contribution in [0.2, 0.25) is 0 Å². The van der Waals surface area contributed by atoms with Crippen molar-refractivity contribution < 1.29 is 14.6 Å². The minimum absolute atomic E-state index is 0.0715. The summed E-state index contributed by atoms with van der Waals surface area (Å²) < 4.78 is 13.4. The summed E-state index contributed by atoms with van der Waals surface area (Å²) in [6.07, 6.45) is 0.953. The zero-order chi connectivity index (χ0) is 16.9. The highest BCUT2D eigenvalue weighted by Gasteiger charge is 2.22. The first-order chi connectivity index (χ1) is 11.8. The van der Waals surface area contributed by atoms with Gasteiger partial charge >= 0.3 is 0 Å². The van der Waals surface area contributed by atoms with E-state index in [1.807, 2.05) is 16.7 Å². The number of nitrogens with zero attached hydrogens (tertiary/aromatic N) is 4. The van der Waals surface area contributed by atoms with E-state index in [9.17, 15) is 5.11 Å². The number of hydrogen-bond donors (Lipinski definition) is 1. The van der Waals surface area contributed by atoms with Crippen LogP contribution in [0.1, 0.15) is 30.6 Å². The fourth-order valence-electron chi connectivity index (χ4n) is 2.98. The molecule has 0 saturated carbocycles. The first-order valence-corrected chi connectivity index (χ1v) is 8.29. The Hall–Kier alpha value is -2.12. The lowest BCUT2D eigenvalue weighted by molar-refractivity contribution is 0.195. The van der Waals surface area contributed by atoms with E-state index < -0.39 is 0 Å². The summed E-state index contributed by atoms with van der Waals surface area (Å²) >= 11 is 0. The first kappa shape index (κ1) is 16.7. The minimum atomic E-state index is -0.0715. The van der Waals surface area contributed by atoms with E-state index in [0.717, 1.165) is 48.9 Å². The van der Waals surface area contributed by atoms with E-state index in [1.54, 1.807) is 7.11 Å². The van der Waals surface area contributed by atoms with Crippen LogP contribution < -0.4 is 9.47 Å². The molecule has 0 fully saturated rings. The number of benzene rings is 1. The Kier molecular flexibility index (Phi) is 5.32. The molecule has 0 atom stereocenters. The molecule has 1 aliphatic heterocycles. The van der Waals surface area contributed by atoms with Crippen LogP contribution in [0.5, 0.6) is 11.5 Å². The fourth-order valence-corrected chi connectivity index (χ4v) is 2.98. The van der Waals surface area contributed by atoms with Crippen LogP contribution in [0, 0.1) is 0 Å². The van der Waals surface area contributed by atoms with Crippen molar-refractivity contribution in [1.82, 2.24) is 19.7 Å². The molecule has 24 heavy (non-hydrogen) atoms. The highest BCUT2D eigenvalue weighted by molar-refractivity contribution is 5.46. The summed E-state index contributed by atoms with van der Waals surface area (Å²) in [7, 11) is 1.66. The second-order valence-electron chi connectivity index (χ2n) is 5.85. The van der Waals surface area contributed by atoms with Gasteiger partial charge in [-0.3, -0.25) is 4.90 Å². The minimum Gasteiger partial charge on any atom is -0.493 e. The third-order valence-corrected chi connectivity index (χ3v) is 4.18. The number of aliphatic hydroxyl groups is 1. The third kappa shape index (κ3) is 3.37. The maximum atomic E-state index is 9.29. The molecule has 1 aliphatic rings. The molecule has 1 N–H and O–H groups in total. The number of aliphatic hydroxyl groups excluding tert-OH is 1. The van der Waals surface area contributed by atoms with Crippen molar-refractivity contribution in [3.8, 4) is 11.5 Å². The molecule has 0 bridgehead atoms. The van der Waals surface area contributed by atoms with Gasteiger partial charge in [-0.25, -0.2) is 0 Å². The molecule has 0 radical (unpaired) electrons. The van der Waals surface area contributed by atoms with Gasteiger partial charge in [-0.15, -0.1) is 10.2 Å². The molecule has 2 heterocycles. The van der Waals surface area contributed by atoms with Crippen LogP contribution in [-0.4, -0.2) is 45.0 Å².